The first-order valence-electron chi connectivity index (χ1n) is 9.36. The minimum Gasteiger partial charge on any atom is -0.481 e. The molecule has 1 fully saturated rings. The number of aliphatic carboxylic acids is 1. The third-order valence-electron chi connectivity index (χ3n) is 3.91. The van der Waals surface area contributed by atoms with Gasteiger partial charge in [-0.3, -0.25) is 4.79 Å². The van der Waals surface area contributed by atoms with Gasteiger partial charge in [0.25, 0.3) is 0 Å². The quantitative estimate of drug-likeness (QED) is 0.322. The number of carboxylic acid groups (broad SMARTS) is 1. The summed E-state index contributed by atoms with van der Waals surface area (Å²) in [7, 11) is 0. The van der Waals surface area contributed by atoms with Crippen molar-refractivity contribution in [3.05, 3.63) is 60.8 Å². The van der Waals surface area contributed by atoms with Crippen molar-refractivity contribution in [3.63, 3.8) is 0 Å². The van der Waals surface area contributed by atoms with Gasteiger partial charge in [0.1, 0.15) is 0 Å². The molecule has 25 heavy (non-hydrogen) atoms. The van der Waals surface area contributed by atoms with Crippen molar-refractivity contribution in [3.8, 4) is 0 Å². The van der Waals surface area contributed by atoms with Crippen molar-refractivity contribution in [2.45, 2.75) is 70.5 Å². The van der Waals surface area contributed by atoms with Crippen LogP contribution < -0.4 is 0 Å². The number of carbonyl (C=O) groups is 1. The zero-order valence-electron chi connectivity index (χ0n) is 15.3. The van der Waals surface area contributed by atoms with Gasteiger partial charge in [-0.2, -0.15) is 0 Å². The fraction of sp³-hybridized carbons (Fsp3) is 0.500. The summed E-state index contributed by atoms with van der Waals surface area (Å²) in [6.07, 6.45) is 29.1. The van der Waals surface area contributed by atoms with E-state index in [9.17, 15) is 4.79 Å². The summed E-state index contributed by atoms with van der Waals surface area (Å²) in [5.74, 6) is -0.742. The molecule has 0 aromatic rings. The molecule has 1 aliphatic heterocycles. The number of epoxide rings is 1. The fourth-order valence-electron chi connectivity index (χ4n) is 2.38. The largest absolute Gasteiger partial charge is 0.481 e. The molecule has 0 aromatic carbocycles. The maximum absolute atomic E-state index is 10.3. The SMILES string of the molecule is CCC1OC1C/C=C\C/C=C\C/C=C\C/C=C\C/C=C\CCC(=O)O. The van der Waals surface area contributed by atoms with Gasteiger partial charge in [-0.05, 0) is 44.9 Å². The van der Waals surface area contributed by atoms with Crippen LogP contribution in [0, 0.1) is 0 Å². The number of rotatable bonds is 14. The lowest BCUT2D eigenvalue weighted by molar-refractivity contribution is -0.136. The van der Waals surface area contributed by atoms with Crippen LogP contribution in [0.5, 0.6) is 0 Å². The second kappa shape index (κ2) is 14.5. The molecule has 3 heteroatoms. The van der Waals surface area contributed by atoms with Crippen LogP contribution in [0.4, 0.5) is 0 Å². The van der Waals surface area contributed by atoms with Crippen molar-refractivity contribution in [1.82, 2.24) is 0 Å². The Morgan fingerprint density at radius 3 is 1.72 bits per heavy atom. The van der Waals surface area contributed by atoms with Gasteiger partial charge < -0.3 is 9.84 Å². The molecule has 2 atom stereocenters. The first-order valence-corrected chi connectivity index (χ1v) is 9.36. The minimum absolute atomic E-state index is 0.209. The van der Waals surface area contributed by atoms with E-state index in [-0.39, 0.29) is 6.42 Å². The molecular formula is C22H32O3. The Morgan fingerprint density at radius 2 is 1.28 bits per heavy atom. The summed E-state index contributed by atoms with van der Waals surface area (Å²) in [5.41, 5.74) is 0. The highest BCUT2D eigenvalue weighted by molar-refractivity contribution is 5.66. The molecule has 1 rings (SSSR count). The zero-order chi connectivity index (χ0) is 18.2. The van der Waals surface area contributed by atoms with E-state index < -0.39 is 5.97 Å². The molecule has 1 heterocycles. The lowest BCUT2D eigenvalue weighted by Gasteiger charge is -1.87. The van der Waals surface area contributed by atoms with E-state index in [1.807, 2.05) is 12.2 Å². The summed E-state index contributed by atoms with van der Waals surface area (Å²) in [5, 5.41) is 8.50. The third kappa shape index (κ3) is 13.1. The van der Waals surface area contributed by atoms with E-state index in [0.29, 0.717) is 18.6 Å². The van der Waals surface area contributed by atoms with E-state index in [4.69, 9.17) is 9.84 Å². The Morgan fingerprint density at radius 1 is 0.800 bits per heavy atom. The van der Waals surface area contributed by atoms with Crippen molar-refractivity contribution in [2.75, 3.05) is 0 Å². The van der Waals surface area contributed by atoms with Gasteiger partial charge in [-0.1, -0.05) is 67.7 Å². The van der Waals surface area contributed by atoms with Crippen molar-refractivity contribution in [1.29, 1.82) is 0 Å². The second-order valence-electron chi connectivity index (χ2n) is 6.09. The monoisotopic (exact) mass is 344 g/mol. The Balaban J connectivity index is 1.91. The van der Waals surface area contributed by atoms with Gasteiger partial charge in [0, 0.05) is 6.42 Å². The Hall–Kier alpha value is -1.87. The average molecular weight is 344 g/mol. The molecular weight excluding hydrogens is 312 g/mol. The summed E-state index contributed by atoms with van der Waals surface area (Å²) in [4.78, 5) is 10.3. The van der Waals surface area contributed by atoms with Crippen LogP contribution in [0.25, 0.3) is 0 Å². The maximum atomic E-state index is 10.3. The van der Waals surface area contributed by atoms with Crippen LogP contribution in [0.1, 0.15) is 58.3 Å². The molecule has 138 valence electrons. The van der Waals surface area contributed by atoms with Gasteiger partial charge in [-0.25, -0.2) is 0 Å². The topological polar surface area (TPSA) is 49.8 Å². The first-order chi connectivity index (χ1) is 12.2. The standard InChI is InChI=1S/C22H32O3/c1-2-20-21(25-20)18-16-14-12-10-8-6-4-3-5-7-9-11-13-15-17-19-22(23)24/h3-4,7-10,13-16,20-21H,2,5-6,11-12,17-19H2,1H3,(H,23,24)/b4-3-,9-7-,10-8-,15-13-,16-14-. The summed E-state index contributed by atoms with van der Waals surface area (Å²) < 4.78 is 5.49. The van der Waals surface area contributed by atoms with E-state index >= 15 is 0 Å². The molecule has 0 aromatic heterocycles. The summed E-state index contributed by atoms with van der Waals surface area (Å²) in [6, 6.07) is 0. The maximum Gasteiger partial charge on any atom is 0.303 e. The molecule has 0 bridgehead atoms. The number of carboxylic acids is 1. The van der Waals surface area contributed by atoms with Gasteiger partial charge in [0.05, 0.1) is 12.2 Å². The number of hydrogen-bond acceptors (Lipinski definition) is 2. The molecule has 0 saturated carbocycles. The zero-order valence-corrected chi connectivity index (χ0v) is 15.3. The second-order valence-corrected chi connectivity index (χ2v) is 6.09. The van der Waals surface area contributed by atoms with Crippen LogP contribution in [0.3, 0.4) is 0 Å². The normalized spacial score (nSPS) is 20.8. The fourth-order valence-corrected chi connectivity index (χ4v) is 2.38. The van der Waals surface area contributed by atoms with E-state index in [2.05, 4.69) is 55.5 Å². The van der Waals surface area contributed by atoms with Crippen LogP contribution in [0.2, 0.25) is 0 Å². The summed E-state index contributed by atoms with van der Waals surface area (Å²) >= 11 is 0. The molecule has 1 aliphatic rings. The lowest BCUT2D eigenvalue weighted by Crippen LogP contribution is -1.91. The first kappa shape index (κ1) is 21.2. The molecule has 0 spiro atoms. The van der Waals surface area contributed by atoms with Crippen LogP contribution in [-0.2, 0) is 9.53 Å². The highest BCUT2D eigenvalue weighted by Crippen LogP contribution is 2.28. The minimum atomic E-state index is -0.742. The molecule has 1 saturated heterocycles. The smallest absolute Gasteiger partial charge is 0.303 e. The number of ether oxygens (including phenoxy) is 1. The Kier molecular flexibility index (Phi) is 12.3. The van der Waals surface area contributed by atoms with E-state index in [1.54, 1.807) is 0 Å². The predicted molar refractivity (Wildman–Crippen MR) is 105 cm³/mol. The van der Waals surface area contributed by atoms with E-state index in [0.717, 1.165) is 38.5 Å². The highest BCUT2D eigenvalue weighted by atomic mass is 16.6. The molecule has 0 radical (unpaired) electrons. The van der Waals surface area contributed by atoms with Crippen molar-refractivity contribution in [2.24, 2.45) is 0 Å². The average Bonchev–Trinajstić information content (AvgIpc) is 3.36. The van der Waals surface area contributed by atoms with Gasteiger partial charge in [0.15, 0.2) is 0 Å². The van der Waals surface area contributed by atoms with E-state index in [1.165, 1.54) is 0 Å². The third-order valence-corrected chi connectivity index (χ3v) is 3.91. The molecule has 0 amide bonds. The highest BCUT2D eigenvalue weighted by Gasteiger charge is 2.35. The molecule has 2 unspecified atom stereocenters. The summed E-state index contributed by atoms with van der Waals surface area (Å²) in [6.45, 7) is 2.17. The predicted octanol–water partition coefficient (Wildman–Crippen LogP) is 5.76. The molecule has 3 nitrogen and oxygen atoms in total. The lowest BCUT2D eigenvalue weighted by atomic mass is 10.2. The molecule has 0 aliphatic carbocycles. The molecule has 1 N–H and O–H groups in total. The van der Waals surface area contributed by atoms with Gasteiger partial charge in [-0.15, -0.1) is 0 Å². The number of hydrogen-bond donors (Lipinski definition) is 1. The van der Waals surface area contributed by atoms with Gasteiger partial charge >= 0.3 is 5.97 Å². The van der Waals surface area contributed by atoms with Crippen LogP contribution >= 0.6 is 0 Å². The van der Waals surface area contributed by atoms with Crippen molar-refractivity contribution < 1.29 is 14.6 Å². The Labute approximate surface area is 152 Å². The number of allylic oxidation sites excluding steroid dienone is 9. The Bertz CT molecular complexity index is 497. The van der Waals surface area contributed by atoms with Gasteiger partial charge in [0.2, 0.25) is 0 Å². The van der Waals surface area contributed by atoms with Crippen LogP contribution in [0.15, 0.2) is 60.8 Å². The van der Waals surface area contributed by atoms with Crippen molar-refractivity contribution >= 4 is 5.97 Å². The van der Waals surface area contributed by atoms with Crippen LogP contribution in [-0.4, -0.2) is 23.3 Å².